The molecule has 130 valence electrons. The van der Waals surface area contributed by atoms with Gasteiger partial charge in [-0.05, 0) is 49.1 Å². The molecule has 3 unspecified atom stereocenters. The summed E-state index contributed by atoms with van der Waals surface area (Å²) in [4.78, 5) is 26.5. The van der Waals surface area contributed by atoms with E-state index < -0.39 is 11.8 Å². The molecule has 1 saturated carbocycles. The van der Waals surface area contributed by atoms with E-state index in [2.05, 4.69) is 12.2 Å². The molecule has 0 aromatic heterocycles. The summed E-state index contributed by atoms with van der Waals surface area (Å²) in [6, 6.07) is 7.81. The van der Waals surface area contributed by atoms with Gasteiger partial charge in [-0.1, -0.05) is 31.5 Å². The van der Waals surface area contributed by atoms with Crippen molar-refractivity contribution >= 4 is 17.5 Å². The molecule has 0 spiro atoms. The van der Waals surface area contributed by atoms with Crippen molar-refractivity contribution in [3.05, 3.63) is 29.8 Å². The summed E-state index contributed by atoms with van der Waals surface area (Å²) in [5.41, 5.74) is 1.98. The van der Waals surface area contributed by atoms with Crippen LogP contribution in [0.4, 0.5) is 5.69 Å². The number of carbonyl (C=O) groups is 2. The maximum Gasteiger partial charge on any atom is 0.316 e. The van der Waals surface area contributed by atoms with Crippen molar-refractivity contribution in [1.82, 2.24) is 5.32 Å². The highest BCUT2D eigenvalue weighted by Gasteiger charge is 2.30. The van der Waals surface area contributed by atoms with Crippen molar-refractivity contribution in [1.29, 1.82) is 0 Å². The second-order valence-corrected chi connectivity index (χ2v) is 7.10. The van der Waals surface area contributed by atoms with Gasteiger partial charge < -0.3 is 15.3 Å². The van der Waals surface area contributed by atoms with Crippen LogP contribution in [0.5, 0.6) is 0 Å². The van der Waals surface area contributed by atoms with Crippen LogP contribution < -0.4 is 10.2 Å². The zero-order valence-corrected chi connectivity index (χ0v) is 14.2. The molecule has 1 aromatic rings. The first-order chi connectivity index (χ1) is 11.6. The van der Waals surface area contributed by atoms with Crippen molar-refractivity contribution in [2.45, 2.75) is 51.0 Å². The van der Waals surface area contributed by atoms with Crippen molar-refractivity contribution < 1.29 is 14.7 Å². The summed E-state index contributed by atoms with van der Waals surface area (Å²) >= 11 is 0. The quantitative estimate of drug-likeness (QED) is 0.817. The number of anilines is 1. The van der Waals surface area contributed by atoms with Crippen LogP contribution in [-0.4, -0.2) is 36.1 Å². The van der Waals surface area contributed by atoms with Crippen LogP contribution in [0.3, 0.4) is 0 Å². The second-order valence-electron chi connectivity index (χ2n) is 7.10. The van der Waals surface area contributed by atoms with E-state index >= 15 is 0 Å². The third kappa shape index (κ3) is 3.61. The van der Waals surface area contributed by atoms with Gasteiger partial charge in [-0.3, -0.25) is 9.59 Å². The Morgan fingerprint density at radius 2 is 2.04 bits per heavy atom. The number of amides is 2. The lowest BCUT2D eigenvalue weighted by Gasteiger charge is -2.32. The van der Waals surface area contributed by atoms with Gasteiger partial charge in [0.25, 0.3) is 0 Å². The van der Waals surface area contributed by atoms with E-state index in [1.165, 1.54) is 0 Å². The van der Waals surface area contributed by atoms with E-state index in [1.807, 2.05) is 24.3 Å². The Hall–Kier alpha value is -1.88. The molecule has 5 heteroatoms. The number of hydrogen-bond acceptors (Lipinski definition) is 3. The summed E-state index contributed by atoms with van der Waals surface area (Å²) in [6.45, 7) is 3.19. The van der Waals surface area contributed by atoms with Crippen LogP contribution in [-0.2, 0) is 9.59 Å². The number of para-hydroxylation sites is 1. The molecule has 1 aliphatic heterocycles. The smallest absolute Gasteiger partial charge is 0.316 e. The maximum atomic E-state index is 12.6. The molecule has 5 nitrogen and oxygen atoms in total. The van der Waals surface area contributed by atoms with Crippen molar-refractivity contribution in [2.75, 3.05) is 18.0 Å². The van der Waals surface area contributed by atoms with E-state index in [0.717, 1.165) is 36.9 Å². The van der Waals surface area contributed by atoms with Gasteiger partial charge in [-0.2, -0.15) is 0 Å². The van der Waals surface area contributed by atoms with Gasteiger partial charge in [0.05, 0.1) is 6.10 Å². The van der Waals surface area contributed by atoms with Gasteiger partial charge in [0.15, 0.2) is 0 Å². The lowest BCUT2D eigenvalue weighted by atomic mass is 9.87. The Morgan fingerprint density at radius 3 is 2.83 bits per heavy atom. The number of rotatable bonds is 2. The number of benzene rings is 1. The Kier molecular flexibility index (Phi) is 5.19. The number of hydrogen-bond donors (Lipinski definition) is 2. The Labute approximate surface area is 143 Å². The van der Waals surface area contributed by atoms with Gasteiger partial charge in [0.2, 0.25) is 0 Å². The zero-order valence-electron chi connectivity index (χ0n) is 14.2. The summed E-state index contributed by atoms with van der Waals surface area (Å²) < 4.78 is 0. The largest absolute Gasteiger partial charge is 0.393 e. The molecule has 1 heterocycles. The van der Waals surface area contributed by atoms with Crippen LogP contribution in [0.1, 0.15) is 50.5 Å². The average molecular weight is 330 g/mol. The molecule has 1 fully saturated rings. The first-order valence-electron chi connectivity index (χ1n) is 8.93. The van der Waals surface area contributed by atoms with Crippen LogP contribution in [0.25, 0.3) is 0 Å². The number of fused-ring (bicyclic) bond motifs is 1. The topological polar surface area (TPSA) is 69.6 Å². The molecule has 0 bridgehead atoms. The summed E-state index contributed by atoms with van der Waals surface area (Å²) in [6.07, 6.45) is 4.12. The summed E-state index contributed by atoms with van der Waals surface area (Å²) in [7, 11) is 0. The van der Waals surface area contributed by atoms with E-state index in [4.69, 9.17) is 0 Å². The SMILES string of the molecule is CC1CCN(C(=O)C(=O)NCC2CCCC(O)C2)c2ccccc21. The van der Waals surface area contributed by atoms with Gasteiger partial charge in [0, 0.05) is 18.8 Å². The van der Waals surface area contributed by atoms with Crippen LogP contribution in [0.15, 0.2) is 24.3 Å². The standard InChI is InChI=1S/C19H26N2O3/c1-13-9-10-21(17-8-3-2-7-16(13)17)19(24)18(23)20-12-14-5-4-6-15(22)11-14/h2-3,7-8,13-15,22H,4-6,9-12H2,1H3,(H,20,23). The Bertz CT molecular complexity index is 616. The molecule has 0 saturated heterocycles. The van der Waals surface area contributed by atoms with Crippen molar-refractivity contribution in [3.63, 3.8) is 0 Å². The molecular weight excluding hydrogens is 304 g/mol. The van der Waals surface area contributed by atoms with E-state index in [9.17, 15) is 14.7 Å². The predicted molar refractivity (Wildman–Crippen MR) is 92.8 cm³/mol. The average Bonchev–Trinajstić information content (AvgIpc) is 2.60. The van der Waals surface area contributed by atoms with Crippen molar-refractivity contribution in [2.24, 2.45) is 5.92 Å². The summed E-state index contributed by atoms with van der Waals surface area (Å²) in [5.74, 6) is -0.360. The van der Waals surface area contributed by atoms with E-state index in [0.29, 0.717) is 25.4 Å². The highest BCUT2D eigenvalue weighted by molar-refractivity contribution is 6.40. The highest BCUT2D eigenvalue weighted by atomic mass is 16.3. The molecule has 2 amide bonds. The minimum atomic E-state index is -0.542. The fourth-order valence-electron chi connectivity index (χ4n) is 3.84. The number of nitrogens with one attached hydrogen (secondary N) is 1. The third-order valence-electron chi connectivity index (χ3n) is 5.29. The predicted octanol–water partition coefficient (Wildman–Crippen LogP) is 2.19. The van der Waals surface area contributed by atoms with Gasteiger partial charge >= 0.3 is 11.8 Å². The van der Waals surface area contributed by atoms with E-state index in [1.54, 1.807) is 4.90 Å². The minimum absolute atomic E-state index is 0.263. The molecule has 24 heavy (non-hydrogen) atoms. The Morgan fingerprint density at radius 1 is 1.25 bits per heavy atom. The fourth-order valence-corrected chi connectivity index (χ4v) is 3.84. The number of carbonyl (C=O) groups excluding carboxylic acids is 2. The molecule has 1 aromatic carbocycles. The molecule has 2 N–H and O–H groups in total. The first-order valence-corrected chi connectivity index (χ1v) is 8.93. The lowest BCUT2D eigenvalue weighted by molar-refractivity contribution is -0.137. The lowest BCUT2D eigenvalue weighted by Crippen LogP contribution is -2.47. The number of nitrogens with zero attached hydrogens (tertiary/aromatic N) is 1. The van der Waals surface area contributed by atoms with Gasteiger partial charge in [-0.15, -0.1) is 0 Å². The molecule has 3 atom stereocenters. The van der Waals surface area contributed by atoms with Crippen LogP contribution >= 0.6 is 0 Å². The maximum absolute atomic E-state index is 12.6. The zero-order chi connectivity index (χ0) is 17.1. The van der Waals surface area contributed by atoms with Crippen LogP contribution in [0, 0.1) is 5.92 Å². The normalized spacial score (nSPS) is 26.6. The summed E-state index contributed by atoms with van der Waals surface area (Å²) in [5, 5.41) is 12.5. The van der Waals surface area contributed by atoms with Gasteiger partial charge in [0.1, 0.15) is 0 Å². The molecule has 2 aliphatic rings. The highest BCUT2D eigenvalue weighted by Crippen LogP contribution is 2.34. The third-order valence-corrected chi connectivity index (χ3v) is 5.29. The number of aliphatic hydroxyl groups excluding tert-OH is 1. The molecule has 1 aliphatic carbocycles. The molecule has 3 rings (SSSR count). The first kappa shape index (κ1) is 17.0. The molecule has 0 radical (unpaired) electrons. The van der Waals surface area contributed by atoms with E-state index in [-0.39, 0.29) is 12.0 Å². The molecular formula is C19H26N2O3. The van der Waals surface area contributed by atoms with Crippen LogP contribution in [0.2, 0.25) is 0 Å². The Balaban J connectivity index is 1.62. The minimum Gasteiger partial charge on any atom is -0.393 e. The monoisotopic (exact) mass is 330 g/mol. The fraction of sp³-hybridized carbons (Fsp3) is 0.579. The van der Waals surface area contributed by atoms with Gasteiger partial charge in [-0.25, -0.2) is 0 Å². The second kappa shape index (κ2) is 7.34. The number of aliphatic hydroxyl groups is 1. The van der Waals surface area contributed by atoms with Crippen molar-refractivity contribution in [3.8, 4) is 0 Å².